The van der Waals surface area contributed by atoms with Crippen LogP contribution in [0.15, 0.2) is 42.7 Å². The zero-order chi connectivity index (χ0) is 24.2. The highest BCUT2D eigenvalue weighted by Crippen LogP contribution is 2.26. The van der Waals surface area contributed by atoms with Gasteiger partial charge in [0.25, 0.3) is 0 Å². The first kappa shape index (κ1) is 23.8. The van der Waals surface area contributed by atoms with Crippen molar-refractivity contribution in [1.82, 2.24) is 14.5 Å². The van der Waals surface area contributed by atoms with Gasteiger partial charge in [0.1, 0.15) is 5.60 Å². The number of esters is 1. The maximum absolute atomic E-state index is 12.3. The Balaban J connectivity index is 1.78. The van der Waals surface area contributed by atoms with Crippen LogP contribution in [0.1, 0.15) is 43.6 Å². The molecule has 0 saturated heterocycles. The number of hydrogen-bond acceptors (Lipinski definition) is 8. The van der Waals surface area contributed by atoms with E-state index < -0.39 is 11.8 Å². The van der Waals surface area contributed by atoms with Gasteiger partial charge in [0.05, 0.1) is 23.6 Å². The average molecular weight is 453 g/mol. The van der Waals surface area contributed by atoms with Crippen LogP contribution in [0.5, 0.6) is 5.75 Å². The van der Waals surface area contributed by atoms with Gasteiger partial charge in [-0.15, -0.1) is 0 Å². The summed E-state index contributed by atoms with van der Waals surface area (Å²) in [6, 6.07) is 8.70. The minimum atomic E-state index is -0.759. The number of anilines is 2. The Labute approximate surface area is 192 Å². The van der Waals surface area contributed by atoms with Crippen LogP contribution < -0.4 is 10.1 Å². The Kier molecular flexibility index (Phi) is 7.01. The number of aromatic nitrogens is 3. The Morgan fingerprint density at radius 1 is 1.15 bits per heavy atom. The summed E-state index contributed by atoms with van der Waals surface area (Å²) < 4.78 is 17.2. The number of carbonyl (C=O) groups excluding carboxylic acids is 2. The summed E-state index contributed by atoms with van der Waals surface area (Å²) in [6.07, 6.45) is 2.54. The van der Waals surface area contributed by atoms with Gasteiger partial charge in [-0.25, -0.2) is 19.6 Å². The first-order valence-corrected chi connectivity index (χ1v) is 10.5. The molecule has 0 fully saturated rings. The Hall–Kier alpha value is -3.88. The first-order valence-electron chi connectivity index (χ1n) is 10.5. The monoisotopic (exact) mass is 452 g/mol. The molecule has 2 heterocycles. The molecule has 0 aliphatic heterocycles. The second-order valence-corrected chi connectivity index (χ2v) is 8.38. The third kappa shape index (κ3) is 6.31. The van der Waals surface area contributed by atoms with E-state index in [1.807, 2.05) is 34.7 Å². The minimum Gasteiger partial charge on any atom is -0.456 e. The smallest absolute Gasteiger partial charge is 0.456 e. The topological polar surface area (TPSA) is 105 Å². The molecule has 3 rings (SSSR count). The van der Waals surface area contributed by atoms with E-state index in [4.69, 9.17) is 14.2 Å². The highest BCUT2D eigenvalue weighted by Gasteiger charge is 2.18. The van der Waals surface area contributed by atoms with Crippen molar-refractivity contribution in [3.05, 3.63) is 53.9 Å². The number of carbonyl (C=O) groups is 2. The van der Waals surface area contributed by atoms with Crippen molar-refractivity contribution in [3.63, 3.8) is 0 Å². The van der Waals surface area contributed by atoms with Crippen molar-refractivity contribution in [3.8, 4) is 17.1 Å². The molecule has 9 nitrogen and oxygen atoms in total. The minimum absolute atomic E-state index is 0.234. The molecule has 0 aliphatic carbocycles. The number of hydrogen-bond donors (Lipinski definition) is 1. The zero-order valence-electron chi connectivity index (χ0n) is 19.6. The highest BCUT2D eigenvalue weighted by molar-refractivity contribution is 5.90. The van der Waals surface area contributed by atoms with Crippen molar-refractivity contribution in [1.29, 1.82) is 0 Å². The number of ether oxygens (including phenoxy) is 3. The molecule has 0 bridgehead atoms. The Morgan fingerprint density at radius 2 is 1.91 bits per heavy atom. The quantitative estimate of drug-likeness (QED) is 0.520. The van der Waals surface area contributed by atoms with E-state index in [-0.39, 0.29) is 12.6 Å². The molecular weight excluding hydrogens is 424 g/mol. The van der Waals surface area contributed by atoms with E-state index in [9.17, 15) is 9.59 Å². The van der Waals surface area contributed by atoms with Crippen LogP contribution in [-0.2, 0) is 16.5 Å². The molecule has 0 aliphatic rings. The molecule has 1 N–H and O–H groups in total. The molecule has 174 valence electrons. The molecule has 0 unspecified atom stereocenters. The first-order chi connectivity index (χ1) is 15.6. The van der Waals surface area contributed by atoms with Crippen molar-refractivity contribution in [2.24, 2.45) is 7.05 Å². The van der Waals surface area contributed by atoms with Crippen LogP contribution >= 0.6 is 0 Å². The van der Waals surface area contributed by atoms with Crippen molar-refractivity contribution >= 4 is 23.8 Å². The third-order valence-electron chi connectivity index (χ3n) is 4.47. The molecule has 3 aromatic rings. The van der Waals surface area contributed by atoms with E-state index in [0.29, 0.717) is 23.0 Å². The van der Waals surface area contributed by atoms with Gasteiger partial charge in [-0.05, 0) is 64.4 Å². The van der Waals surface area contributed by atoms with Crippen LogP contribution in [-0.4, -0.2) is 38.9 Å². The van der Waals surface area contributed by atoms with Gasteiger partial charge in [0, 0.05) is 31.2 Å². The van der Waals surface area contributed by atoms with Gasteiger partial charge in [-0.2, -0.15) is 0 Å². The molecule has 0 amide bonds. The molecular formula is C24H28N4O5. The second-order valence-electron chi connectivity index (χ2n) is 8.38. The fraction of sp³-hybridized carbons (Fsp3) is 0.333. The predicted molar refractivity (Wildman–Crippen MR) is 124 cm³/mol. The highest BCUT2D eigenvalue weighted by atomic mass is 16.7. The molecule has 0 spiro atoms. The van der Waals surface area contributed by atoms with Crippen molar-refractivity contribution < 1.29 is 23.8 Å². The number of aryl methyl sites for hydroxylation is 2. The molecule has 0 atom stereocenters. The summed E-state index contributed by atoms with van der Waals surface area (Å²) in [7, 11) is 1.82. The molecule has 33 heavy (non-hydrogen) atoms. The molecule has 9 heteroatoms. The summed E-state index contributed by atoms with van der Waals surface area (Å²) in [5.41, 5.74) is 2.89. The standard InChI is InChI=1S/C24H28N4O5/c1-7-31-23(30)32-17-13-20(28(6)14-17)19-10-11-25-22(27-19)26-18-9-8-16(12-15(18)2)21(29)33-24(3,4)5/h8-14H,7H2,1-6H3,(H,25,26,27). The van der Waals surface area contributed by atoms with Gasteiger partial charge in [0.15, 0.2) is 5.75 Å². The predicted octanol–water partition coefficient (Wildman–Crippen LogP) is 5.02. The van der Waals surface area contributed by atoms with Crippen LogP contribution in [0.25, 0.3) is 11.4 Å². The maximum Gasteiger partial charge on any atom is 0.513 e. The number of nitrogens with zero attached hydrogens (tertiary/aromatic N) is 3. The summed E-state index contributed by atoms with van der Waals surface area (Å²) in [5, 5.41) is 3.18. The van der Waals surface area contributed by atoms with Crippen LogP contribution in [0.4, 0.5) is 16.4 Å². The molecule has 2 aromatic heterocycles. The summed E-state index contributed by atoms with van der Waals surface area (Å²) in [4.78, 5) is 32.7. The number of benzene rings is 1. The SMILES string of the molecule is CCOC(=O)Oc1cc(-c2ccnc(Nc3ccc(C(=O)OC(C)(C)C)cc3C)n2)n(C)c1. The third-order valence-corrected chi connectivity index (χ3v) is 4.47. The summed E-state index contributed by atoms with van der Waals surface area (Å²) >= 11 is 0. The van der Waals surface area contributed by atoms with Crippen LogP contribution in [0.3, 0.4) is 0 Å². The van der Waals surface area contributed by atoms with Crippen LogP contribution in [0, 0.1) is 6.92 Å². The lowest BCUT2D eigenvalue weighted by molar-refractivity contribution is 0.00693. The Bertz CT molecular complexity index is 1160. The van der Waals surface area contributed by atoms with Crippen LogP contribution in [0.2, 0.25) is 0 Å². The average Bonchev–Trinajstić information content (AvgIpc) is 3.08. The van der Waals surface area contributed by atoms with Gasteiger partial charge >= 0.3 is 12.1 Å². The van der Waals surface area contributed by atoms with E-state index in [0.717, 1.165) is 16.9 Å². The van der Waals surface area contributed by atoms with E-state index in [2.05, 4.69) is 15.3 Å². The van der Waals surface area contributed by atoms with E-state index >= 15 is 0 Å². The molecule has 1 aromatic carbocycles. The molecule has 0 saturated carbocycles. The lowest BCUT2D eigenvalue weighted by atomic mass is 10.1. The van der Waals surface area contributed by atoms with E-state index in [1.54, 1.807) is 54.2 Å². The number of nitrogens with one attached hydrogen (secondary N) is 1. The fourth-order valence-corrected chi connectivity index (χ4v) is 3.04. The van der Waals surface area contributed by atoms with Gasteiger partial charge in [0.2, 0.25) is 5.95 Å². The van der Waals surface area contributed by atoms with Gasteiger partial charge < -0.3 is 24.1 Å². The van der Waals surface area contributed by atoms with E-state index in [1.165, 1.54) is 0 Å². The van der Waals surface area contributed by atoms with Crippen molar-refractivity contribution in [2.75, 3.05) is 11.9 Å². The lowest BCUT2D eigenvalue weighted by Gasteiger charge is -2.20. The normalized spacial score (nSPS) is 11.1. The van der Waals surface area contributed by atoms with Gasteiger partial charge in [-0.3, -0.25) is 0 Å². The Morgan fingerprint density at radius 3 is 2.58 bits per heavy atom. The number of rotatable bonds is 6. The lowest BCUT2D eigenvalue weighted by Crippen LogP contribution is -2.23. The molecule has 0 radical (unpaired) electrons. The second kappa shape index (κ2) is 9.72. The van der Waals surface area contributed by atoms with Crippen molar-refractivity contribution in [2.45, 2.75) is 40.2 Å². The largest absolute Gasteiger partial charge is 0.513 e. The van der Waals surface area contributed by atoms with Gasteiger partial charge in [-0.1, -0.05) is 0 Å². The summed E-state index contributed by atoms with van der Waals surface area (Å²) in [5.74, 6) is 0.363. The summed E-state index contributed by atoms with van der Waals surface area (Å²) in [6.45, 7) is 9.32. The fourth-order valence-electron chi connectivity index (χ4n) is 3.04. The zero-order valence-corrected chi connectivity index (χ0v) is 19.6. The maximum atomic E-state index is 12.3.